The number of benzene rings is 1. The number of hydrogen-bond donors (Lipinski definition) is 1. The molecule has 3 aromatic rings. The van der Waals surface area contributed by atoms with Crippen molar-refractivity contribution in [2.75, 3.05) is 24.5 Å². The summed E-state index contributed by atoms with van der Waals surface area (Å²) >= 11 is 1.27. The Morgan fingerprint density at radius 1 is 1.22 bits per heavy atom. The van der Waals surface area contributed by atoms with Crippen LogP contribution in [0.2, 0.25) is 0 Å². The van der Waals surface area contributed by atoms with E-state index < -0.39 is 0 Å². The molecule has 1 saturated carbocycles. The lowest BCUT2D eigenvalue weighted by Crippen LogP contribution is -2.36. The van der Waals surface area contributed by atoms with Gasteiger partial charge in [0.25, 0.3) is 11.5 Å². The van der Waals surface area contributed by atoms with E-state index in [1.54, 1.807) is 16.0 Å². The number of fused-ring (bicyclic) bond motifs is 1. The van der Waals surface area contributed by atoms with Crippen molar-refractivity contribution in [2.24, 2.45) is 5.92 Å². The Kier molecular flexibility index (Phi) is 5.66. The molecule has 0 spiro atoms. The van der Waals surface area contributed by atoms with Gasteiger partial charge < -0.3 is 10.2 Å². The molecular weight excluding hydrogens is 422 g/mol. The first-order valence-electron chi connectivity index (χ1n) is 11.2. The van der Waals surface area contributed by atoms with Crippen LogP contribution in [0.3, 0.4) is 0 Å². The lowest BCUT2D eigenvalue weighted by atomic mass is 10.1. The maximum atomic E-state index is 13.6. The Morgan fingerprint density at radius 3 is 2.75 bits per heavy atom. The van der Waals surface area contributed by atoms with Crippen molar-refractivity contribution in [1.29, 1.82) is 5.26 Å². The molecule has 1 aliphatic carbocycles. The van der Waals surface area contributed by atoms with Gasteiger partial charge in [0.15, 0.2) is 0 Å². The van der Waals surface area contributed by atoms with Gasteiger partial charge in [-0.2, -0.15) is 5.26 Å². The third-order valence-corrected chi connectivity index (χ3v) is 7.21. The predicted octanol–water partition coefficient (Wildman–Crippen LogP) is 3.51. The smallest absolute Gasteiger partial charge is 0.273 e. The second kappa shape index (κ2) is 8.75. The summed E-state index contributed by atoms with van der Waals surface area (Å²) in [5, 5.41) is 14.2. The normalized spacial score (nSPS) is 16.2. The number of aromatic nitrogens is 2. The Labute approximate surface area is 190 Å². The SMILES string of the molecule is N#Cc1ccccc1Cn1c(N2CCCCC2)nc2c(C(=O)NCC3CC3)csc2c1=O. The molecule has 2 aromatic heterocycles. The summed E-state index contributed by atoms with van der Waals surface area (Å²) in [5.74, 6) is 1.01. The fourth-order valence-electron chi connectivity index (χ4n) is 4.22. The number of nitriles is 1. The van der Waals surface area contributed by atoms with Crippen molar-refractivity contribution in [3.05, 3.63) is 56.7 Å². The van der Waals surface area contributed by atoms with Crippen molar-refractivity contribution in [2.45, 2.75) is 38.6 Å². The van der Waals surface area contributed by atoms with Crippen LogP contribution in [0.1, 0.15) is 53.6 Å². The molecule has 0 radical (unpaired) electrons. The van der Waals surface area contributed by atoms with E-state index in [1.807, 2.05) is 18.2 Å². The number of piperidine rings is 1. The molecule has 1 amide bonds. The molecule has 7 nitrogen and oxygen atoms in total. The van der Waals surface area contributed by atoms with Crippen LogP contribution in [0, 0.1) is 17.2 Å². The molecule has 1 N–H and O–H groups in total. The van der Waals surface area contributed by atoms with Gasteiger partial charge in [0.05, 0.1) is 23.7 Å². The summed E-state index contributed by atoms with van der Waals surface area (Å²) in [7, 11) is 0. The van der Waals surface area contributed by atoms with Gasteiger partial charge in [0.1, 0.15) is 10.2 Å². The third-order valence-electron chi connectivity index (χ3n) is 6.26. The van der Waals surface area contributed by atoms with Crippen LogP contribution in [-0.2, 0) is 6.54 Å². The van der Waals surface area contributed by atoms with Crippen LogP contribution >= 0.6 is 11.3 Å². The van der Waals surface area contributed by atoms with Crippen LogP contribution in [0.25, 0.3) is 10.2 Å². The molecule has 32 heavy (non-hydrogen) atoms. The maximum Gasteiger partial charge on any atom is 0.273 e. The summed E-state index contributed by atoms with van der Waals surface area (Å²) in [6.45, 7) is 2.60. The number of rotatable bonds is 6. The number of amides is 1. The van der Waals surface area contributed by atoms with E-state index in [0.717, 1.165) is 50.8 Å². The summed E-state index contributed by atoms with van der Waals surface area (Å²) in [6, 6.07) is 9.56. The highest BCUT2D eigenvalue weighted by Gasteiger charge is 2.26. The van der Waals surface area contributed by atoms with Crippen LogP contribution in [-0.4, -0.2) is 35.1 Å². The second-order valence-corrected chi connectivity index (χ2v) is 9.48. The Balaban J connectivity index is 1.60. The van der Waals surface area contributed by atoms with Crippen LogP contribution in [0.5, 0.6) is 0 Å². The Morgan fingerprint density at radius 2 is 2.00 bits per heavy atom. The number of anilines is 1. The standard InChI is InChI=1S/C24H25N5O2S/c25-12-17-6-2-3-7-18(17)14-29-23(31)21-20(27-24(29)28-10-4-1-5-11-28)19(15-32-21)22(30)26-13-16-8-9-16/h2-3,6-7,15-16H,1,4-5,8-11,13-14H2,(H,26,30). The van der Waals surface area contributed by atoms with E-state index in [0.29, 0.717) is 39.8 Å². The molecular formula is C24H25N5O2S. The number of carbonyl (C=O) groups is 1. The first kappa shape index (κ1) is 20.7. The maximum absolute atomic E-state index is 13.6. The molecule has 3 heterocycles. The number of carbonyl (C=O) groups excluding carboxylic acids is 1. The first-order chi connectivity index (χ1) is 15.7. The lowest BCUT2D eigenvalue weighted by Gasteiger charge is -2.29. The molecule has 5 rings (SSSR count). The van der Waals surface area contributed by atoms with Gasteiger partial charge >= 0.3 is 0 Å². The minimum atomic E-state index is -0.160. The predicted molar refractivity (Wildman–Crippen MR) is 125 cm³/mol. The van der Waals surface area contributed by atoms with Crippen molar-refractivity contribution >= 4 is 33.4 Å². The van der Waals surface area contributed by atoms with E-state index in [4.69, 9.17) is 4.98 Å². The lowest BCUT2D eigenvalue weighted by molar-refractivity contribution is 0.0953. The zero-order valence-corrected chi connectivity index (χ0v) is 18.7. The first-order valence-corrected chi connectivity index (χ1v) is 12.1. The quantitative estimate of drug-likeness (QED) is 0.624. The van der Waals surface area contributed by atoms with E-state index in [9.17, 15) is 14.9 Å². The molecule has 8 heteroatoms. The van der Waals surface area contributed by atoms with Gasteiger partial charge in [-0.05, 0) is 49.7 Å². The second-order valence-electron chi connectivity index (χ2n) is 8.60. The van der Waals surface area contributed by atoms with E-state index >= 15 is 0 Å². The molecule has 1 aliphatic heterocycles. The fraction of sp³-hybridized carbons (Fsp3) is 0.417. The van der Waals surface area contributed by atoms with Crippen LogP contribution in [0.4, 0.5) is 5.95 Å². The van der Waals surface area contributed by atoms with Crippen molar-refractivity contribution in [1.82, 2.24) is 14.9 Å². The minimum absolute atomic E-state index is 0.158. The highest BCUT2D eigenvalue weighted by Crippen LogP contribution is 2.29. The molecule has 2 fully saturated rings. The summed E-state index contributed by atoms with van der Waals surface area (Å²) in [6.07, 6.45) is 5.57. The van der Waals surface area contributed by atoms with E-state index in [-0.39, 0.29) is 18.0 Å². The Hall–Kier alpha value is -3.18. The zero-order chi connectivity index (χ0) is 22.1. The third kappa shape index (κ3) is 4.00. The van der Waals surface area contributed by atoms with Gasteiger partial charge in [0.2, 0.25) is 5.95 Å². The van der Waals surface area contributed by atoms with E-state index in [2.05, 4.69) is 16.3 Å². The average Bonchev–Trinajstić information content (AvgIpc) is 3.56. The highest BCUT2D eigenvalue weighted by atomic mass is 32.1. The fourth-order valence-corrected chi connectivity index (χ4v) is 5.15. The van der Waals surface area contributed by atoms with Crippen LogP contribution < -0.4 is 15.8 Å². The number of nitrogens with one attached hydrogen (secondary N) is 1. The molecule has 1 saturated heterocycles. The zero-order valence-electron chi connectivity index (χ0n) is 17.8. The van der Waals surface area contributed by atoms with Gasteiger partial charge in [0, 0.05) is 25.0 Å². The van der Waals surface area contributed by atoms with Gasteiger partial charge in [-0.15, -0.1) is 11.3 Å². The van der Waals surface area contributed by atoms with Gasteiger partial charge in [-0.1, -0.05) is 18.2 Å². The Bertz CT molecular complexity index is 1260. The molecule has 0 bridgehead atoms. The molecule has 1 aromatic carbocycles. The number of hydrogen-bond acceptors (Lipinski definition) is 6. The van der Waals surface area contributed by atoms with Crippen molar-refractivity contribution < 1.29 is 4.79 Å². The minimum Gasteiger partial charge on any atom is -0.352 e. The molecule has 2 aliphatic rings. The van der Waals surface area contributed by atoms with Crippen LogP contribution in [0.15, 0.2) is 34.4 Å². The number of nitrogens with zero attached hydrogens (tertiary/aromatic N) is 4. The summed E-state index contributed by atoms with van der Waals surface area (Å²) in [4.78, 5) is 33.4. The molecule has 0 unspecified atom stereocenters. The molecule has 164 valence electrons. The topological polar surface area (TPSA) is 91.0 Å². The average molecular weight is 448 g/mol. The summed E-state index contributed by atoms with van der Waals surface area (Å²) < 4.78 is 2.16. The summed E-state index contributed by atoms with van der Waals surface area (Å²) in [5.41, 5.74) is 2.14. The van der Waals surface area contributed by atoms with Gasteiger partial charge in [-0.25, -0.2) is 4.98 Å². The van der Waals surface area contributed by atoms with Crippen molar-refractivity contribution in [3.8, 4) is 6.07 Å². The monoisotopic (exact) mass is 447 g/mol. The molecule has 0 atom stereocenters. The number of thiophene rings is 1. The van der Waals surface area contributed by atoms with Crippen molar-refractivity contribution in [3.63, 3.8) is 0 Å². The largest absolute Gasteiger partial charge is 0.352 e. The van der Waals surface area contributed by atoms with E-state index in [1.165, 1.54) is 11.3 Å². The highest BCUT2D eigenvalue weighted by molar-refractivity contribution is 7.17. The van der Waals surface area contributed by atoms with Gasteiger partial charge in [-0.3, -0.25) is 14.2 Å².